The Labute approximate surface area is 147 Å². The number of likely N-dealkylation sites (tertiary alicyclic amines) is 1. The summed E-state index contributed by atoms with van der Waals surface area (Å²) in [6.07, 6.45) is 0.973. The van der Waals surface area contributed by atoms with E-state index in [9.17, 15) is 9.59 Å². The van der Waals surface area contributed by atoms with Gasteiger partial charge in [0.2, 0.25) is 6.79 Å². The number of carbonyl (C=O) groups excluding carboxylic acids is 1. The number of carboxylic acids is 1. The average molecular weight is 360 g/mol. The van der Waals surface area contributed by atoms with Crippen molar-refractivity contribution in [2.45, 2.75) is 12.8 Å². The van der Waals surface area contributed by atoms with E-state index in [-0.39, 0.29) is 18.6 Å². The van der Waals surface area contributed by atoms with Gasteiger partial charge >= 0.3 is 5.97 Å². The number of thiazole rings is 1. The number of aromatic nitrogens is 1. The molecule has 1 aromatic carbocycles. The van der Waals surface area contributed by atoms with Crippen LogP contribution in [0, 0.1) is 5.92 Å². The zero-order valence-corrected chi connectivity index (χ0v) is 14.1. The first-order valence-corrected chi connectivity index (χ1v) is 8.87. The number of hydrogen-bond donors (Lipinski definition) is 1. The Morgan fingerprint density at radius 1 is 1.20 bits per heavy atom. The molecule has 130 valence electrons. The van der Waals surface area contributed by atoms with Crippen molar-refractivity contribution in [2.24, 2.45) is 5.92 Å². The highest BCUT2D eigenvalue weighted by atomic mass is 32.1. The SMILES string of the molecule is O=C(O)C1CCN(C(=O)c2csc(-c3ccc4c(c3)OCO4)n2)CC1. The van der Waals surface area contributed by atoms with Gasteiger partial charge in [0, 0.05) is 24.0 Å². The first-order chi connectivity index (χ1) is 12.1. The lowest BCUT2D eigenvalue weighted by Crippen LogP contribution is -2.40. The van der Waals surface area contributed by atoms with Gasteiger partial charge in [-0.1, -0.05) is 0 Å². The summed E-state index contributed by atoms with van der Waals surface area (Å²) in [5, 5.41) is 11.5. The van der Waals surface area contributed by atoms with Gasteiger partial charge in [-0.15, -0.1) is 11.3 Å². The van der Waals surface area contributed by atoms with E-state index in [1.165, 1.54) is 11.3 Å². The minimum absolute atomic E-state index is 0.146. The van der Waals surface area contributed by atoms with Crippen LogP contribution in [0.15, 0.2) is 23.6 Å². The van der Waals surface area contributed by atoms with Crippen molar-refractivity contribution in [1.82, 2.24) is 9.88 Å². The number of hydrogen-bond acceptors (Lipinski definition) is 6. The highest BCUT2D eigenvalue weighted by molar-refractivity contribution is 7.13. The Bertz CT molecular complexity index is 826. The number of nitrogens with zero attached hydrogens (tertiary/aromatic N) is 2. The number of ether oxygens (including phenoxy) is 2. The maximum absolute atomic E-state index is 12.6. The van der Waals surface area contributed by atoms with Crippen molar-refractivity contribution in [1.29, 1.82) is 0 Å². The second-order valence-electron chi connectivity index (χ2n) is 6.01. The van der Waals surface area contributed by atoms with E-state index in [2.05, 4.69) is 4.98 Å². The molecule has 1 saturated heterocycles. The normalized spacial score (nSPS) is 16.9. The van der Waals surface area contributed by atoms with Crippen LogP contribution < -0.4 is 9.47 Å². The fourth-order valence-electron chi connectivity index (χ4n) is 3.03. The van der Waals surface area contributed by atoms with Crippen molar-refractivity contribution in [3.8, 4) is 22.1 Å². The Balaban J connectivity index is 1.48. The van der Waals surface area contributed by atoms with E-state index < -0.39 is 5.97 Å². The molecule has 2 aliphatic heterocycles. The molecule has 7 nitrogen and oxygen atoms in total. The third-order valence-corrected chi connectivity index (χ3v) is 5.37. The molecular formula is C17H16N2O5S. The Morgan fingerprint density at radius 2 is 1.96 bits per heavy atom. The third-order valence-electron chi connectivity index (χ3n) is 4.47. The van der Waals surface area contributed by atoms with Crippen LogP contribution in [0.4, 0.5) is 0 Å². The van der Waals surface area contributed by atoms with E-state index in [0.717, 1.165) is 10.6 Å². The fourth-order valence-corrected chi connectivity index (χ4v) is 3.82. The molecule has 0 radical (unpaired) electrons. The predicted octanol–water partition coefficient (Wildman–Crippen LogP) is 2.48. The zero-order chi connectivity index (χ0) is 17.4. The van der Waals surface area contributed by atoms with Gasteiger partial charge in [-0.05, 0) is 31.0 Å². The van der Waals surface area contributed by atoms with Crippen LogP contribution in [0.5, 0.6) is 11.5 Å². The molecule has 2 aliphatic rings. The summed E-state index contributed by atoms with van der Waals surface area (Å²) in [5.74, 6) is 0.0934. The lowest BCUT2D eigenvalue weighted by atomic mass is 9.97. The molecule has 0 unspecified atom stereocenters. The zero-order valence-electron chi connectivity index (χ0n) is 13.3. The Hall–Kier alpha value is -2.61. The molecule has 3 heterocycles. The third kappa shape index (κ3) is 3.05. The largest absolute Gasteiger partial charge is 0.481 e. The molecule has 8 heteroatoms. The molecule has 0 bridgehead atoms. The number of rotatable bonds is 3. The maximum atomic E-state index is 12.6. The second-order valence-corrected chi connectivity index (χ2v) is 6.87. The molecule has 4 rings (SSSR count). The van der Waals surface area contributed by atoms with Crippen LogP contribution >= 0.6 is 11.3 Å². The number of benzene rings is 1. The van der Waals surface area contributed by atoms with Crippen molar-refractivity contribution >= 4 is 23.2 Å². The summed E-state index contributed by atoms with van der Waals surface area (Å²) < 4.78 is 10.7. The Kier molecular flexibility index (Phi) is 4.04. The fraction of sp³-hybridized carbons (Fsp3) is 0.353. The molecule has 1 aromatic heterocycles. The number of piperidine rings is 1. The molecule has 0 spiro atoms. The van der Waals surface area contributed by atoms with Crippen LogP contribution in [0.3, 0.4) is 0 Å². The minimum atomic E-state index is -0.786. The maximum Gasteiger partial charge on any atom is 0.306 e. The second kappa shape index (κ2) is 6.36. The van der Waals surface area contributed by atoms with Crippen molar-refractivity contribution < 1.29 is 24.2 Å². The molecule has 1 fully saturated rings. The molecule has 0 saturated carbocycles. The first-order valence-electron chi connectivity index (χ1n) is 7.99. The van der Waals surface area contributed by atoms with Gasteiger partial charge in [-0.3, -0.25) is 9.59 Å². The average Bonchev–Trinajstić information content (AvgIpc) is 3.29. The molecule has 0 aliphatic carbocycles. The van der Waals surface area contributed by atoms with Crippen molar-refractivity contribution in [3.63, 3.8) is 0 Å². The van der Waals surface area contributed by atoms with E-state index >= 15 is 0 Å². The van der Waals surface area contributed by atoms with Crippen LogP contribution in [-0.4, -0.2) is 46.7 Å². The van der Waals surface area contributed by atoms with Crippen molar-refractivity contribution in [2.75, 3.05) is 19.9 Å². The number of aliphatic carboxylic acids is 1. The summed E-state index contributed by atoms with van der Waals surface area (Å²) in [5.41, 5.74) is 1.27. The molecule has 1 amide bonds. The molecular weight excluding hydrogens is 344 g/mol. The summed E-state index contributed by atoms with van der Waals surface area (Å²) in [6, 6.07) is 5.57. The van der Waals surface area contributed by atoms with Gasteiger partial charge < -0.3 is 19.5 Å². The number of carboxylic acid groups (broad SMARTS) is 1. The summed E-state index contributed by atoms with van der Waals surface area (Å²) in [7, 11) is 0. The summed E-state index contributed by atoms with van der Waals surface area (Å²) >= 11 is 1.40. The highest BCUT2D eigenvalue weighted by Crippen LogP contribution is 2.36. The van der Waals surface area contributed by atoms with Gasteiger partial charge in [-0.2, -0.15) is 0 Å². The topological polar surface area (TPSA) is 89.0 Å². The molecule has 1 N–H and O–H groups in total. The van der Waals surface area contributed by atoms with Crippen LogP contribution in [-0.2, 0) is 4.79 Å². The smallest absolute Gasteiger partial charge is 0.306 e. The summed E-state index contributed by atoms with van der Waals surface area (Å²) in [6.45, 7) is 1.12. The van der Waals surface area contributed by atoms with Crippen LogP contribution in [0.2, 0.25) is 0 Å². The standard InChI is InChI=1S/C17H16N2O5S/c20-16(19-5-3-10(4-6-19)17(21)22)12-8-25-15(18-12)11-1-2-13-14(7-11)24-9-23-13/h1-2,7-8,10H,3-6,9H2,(H,21,22). The lowest BCUT2D eigenvalue weighted by molar-refractivity contribution is -0.143. The summed E-state index contributed by atoms with van der Waals surface area (Å²) in [4.78, 5) is 29.7. The van der Waals surface area contributed by atoms with Crippen LogP contribution in [0.25, 0.3) is 10.6 Å². The first kappa shape index (κ1) is 15.9. The number of fused-ring (bicyclic) bond motifs is 1. The minimum Gasteiger partial charge on any atom is -0.481 e. The van der Waals surface area contributed by atoms with Gasteiger partial charge in [0.1, 0.15) is 10.7 Å². The Morgan fingerprint density at radius 3 is 2.72 bits per heavy atom. The molecule has 0 atom stereocenters. The highest BCUT2D eigenvalue weighted by Gasteiger charge is 2.28. The monoisotopic (exact) mass is 360 g/mol. The van der Waals surface area contributed by atoms with Gasteiger partial charge in [0.25, 0.3) is 5.91 Å². The van der Waals surface area contributed by atoms with E-state index in [4.69, 9.17) is 14.6 Å². The number of amides is 1. The number of carbonyl (C=O) groups is 2. The van der Waals surface area contributed by atoms with E-state index in [1.54, 1.807) is 10.3 Å². The van der Waals surface area contributed by atoms with E-state index in [1.807, 2.05) is 18.2 Å². The van der Waals surface area contributed by atoms with E-state index in [0.29, 0.717) is 43.1 Å². The quantitative estimate of drug-likeness (QED) is 0.904. The van der Waals surface area contributed by atoms with Gasteiger partial charge in [0.05, 0.1) is 5.92 Å². The lowest BCUT2D eigenvalue weighted by Gasteiger charge is -2.29. The molecule has 25 heavy (non-hydrogen) atoms. The molecule has 2 aromatic rings. The van der Waals surface area contributed by atoms with Crippen molar-refractivity contribution in [3.05, 3.63) is 29.3 Å². The van der Waals surface area contributed by atoms with Gasteiger partial charge in [-0.25, -0.2) is 4.98 Å². The predicted molar refractivity (Wildman–Crippen MR) is 89.9 cm³/mol. The van der Waals surface area contributed by atoms with Crippen LogP contribution in [0.1, 0.15) is 23.3 Å². The van der Waals surface area contributed by atoms with Gasteiger partial charge in [0.15, 0.2) is 11.5 Å².